The van der Waals surface area contributed by atoms with Gasteiger partial charge in [-0.3, -0.25) is 9.30 Å². The Kier molecular flexibility index (Phi) is 6.01. The molecule has 0 spiro atoms. The van der Waals surface area contributed by atoms with Crippen LogP contribution in [0.5, 0.6) is 0 Å². The van der Waals surface area contributed by atoms with Crippen LogP contribution in [0.15, 0.2) is 53.5 Å². The Morgan fingerprint density at radius 2 is 1.65 bits per heavy atom. The molecule has 0 amide bonds. The minimum atomic E-state index is -0.0182. The number of benzene rings is 1. The summed E-state index contributed by atoms with van der Waals surface area (Å²) < 4.78 is 3.30. The van der Waals surface area contributed by atoms with Gasteiger partial charge < -0.3 is 4.90 Å². The third-order valence-electron chi connectivity index (χ3n) is 6.95. The van der Waals surface area contributed by atoms with E-state index in [1.54, 1.807) is 15.3 Å². The van der Waals surface area contributed by atoms with E-state index in [0.29, 0.717) is 5.92 Å². The van der Waals surface area contributed by atoms with Crippen LogP contribution in [-0.2, 0) is 6.54 Å². The Hall–Kier alpha value is -2.31. The van der Waals surface area contributed by atoms with Crippen molar-refractivity contribution in [3.05, 3.63) is 64.2 Å². The van der Waals surface area contributed by atoms with Crippen LogP contribution in [-0.4, -0.2) is 51.8 Å². The number of fused-ring (bicyclic) bond motifs is 1. The second kappa shape index (κ2) is 9.05. The normalized spacial score (nSPS) is 22.8. The van der Waals surface area contributed by atoms with E-state index < -0.39 is 0 Å². The predicted octanol–water partition coefficient (Wildman–Crippen LogP) is 3.78. The molecular formula is C24H30ClN5O. The summed E-state index contributed by atoms with van der Waals surface area (Å²) >= 11 is 6.15. The minimum Gasteiger partial charge on any atom is -0.369 e. The first-order chi connectivity index (χ1) is 15.2. The van der Waals surface area contributed by atoms with Gasteiger partial charge in [0.05, 0.1) is 0 Å². The lowest BCUT2D eigenvalue weighted by molar-refractivity contribution is 0.166. The van der Waals surface area contributed by atoms with Crippen molar-refractivity contribution in [3.8, 4) is 0 Å². The first-order valence-electron chi connectivity index (χ1n) is 11.4. The van der Waals surface area contributed by atoms with Crippen molar-refractivity contribution < 1.29 is 0 Å². The fraction of sp³-hybridized carbons (Fsp3) is 0.500. The molecule has 7 heteroatoms. The van der Waals surface area contributed by atoms with Gasteiger partial charge in [-0.2, -0.15) is 0 Å². The highest BCUT2D eigenvalue weighted by Crippen LogP contribution is 2.30. The number of halogens is 1. The van der Waals surface area contributed by atoms with Crippen molar-refractivity contribution in [2.75, 3.05) is 37.6 Å². The Morgan fingerprint density at radius 3 is 2.35 bits per heavy atom. The zero-order valence-corrected chi connectivity index (χ0v) is 18.6. The summed E-state index contributed by atoms with van der Waals surface area (Å²) in [7, 11) is 0. The maximum absolute atomic E-state index is 12.5. The van der Waals surface area contributed by atoms with E-state index in [1.807, 2.05) is 30.3 Å². The summed E-state index contributed by atoms with van der Waals surface area (Å²) in [6.45, 7) is 6.29. The Bertz CT molecular complexity index is 1080. The Labute approximate surface area is 188 Å². The molecule has 0 atom stereocenters. The predicted molar refractivity (Wildman–Crippen MR) is 125 cm³/mol. The van der Waals surface area contributed by atoms with Crippen LogP contribution >= 0.6 is 11.6 Å². The van der Waals surface area contributed by atoms with Gasteiger partial charge in [-0.25, -0.2) is 9.48 Å². The lowest BCUT2D eigenvalue weighted by Gasteiger charge is -2.39. The number of hydrogen-bond donors (Lipinski definition) is 0. The maximum atomic E-state index is 12.5. The van der Waals surface area contributed by atoms with Gasteiger partial charge >= 0.3 is 5.69 Å². The number of piperazine rings is 1. The van der Waals surface area contributed by atoms with Crippen LogP contribution in [0.3, 0.4) is 0 Å². The summed E-state index contributed by atoms with van der Waals surface area (Å²) in [6, 6.07) is 13.9. The molecule has 1 aliphatic carbocycles. The van der Waals surface area contributed by atoms with Crippen LogP contribution < -0.4 is 10.6 Å². The van der Waals surface area contributed by atoms with E-state index in [0.717, 1.165) is 49.3 Å². The topological polar surface area (TPSA) is 45.8 Å². The summed E-state index contributed by atoms with van der Waals surface area (Å²) in [5.41, 5.74) is 1.95. The number of nitrogens with zero attached hydrogens (tertiary/aromatic N) is 5. The molecule has 6 nitrogen and oxygen atoms in total. The lowest BCUT2D eigenvalue weighted by atomic mass is 9.81. The van der Waals surface area contributed by atoms with Crippen LogP contribution in [0, 0.1) is 11.8 Å². The Balaban J connectivity index is 1.09. The average Bonchev–Trinajstić information content (AvgIpc) is 3.11. The second-order valence-electron chi connectivity index (χ2n) is 9.05. The summed E-state index contributed by atoms with van der Waals surface area (Å²) in [5, 5.41) is 5.31. The standard InChI is InChI=1S/C24H30ClN5O/c25-21-4-3-5-22(16-21)28-14-12-27(13-15-28)17-19-7-9-20(10-8-19)18-30-24(31)29-11-2-1-6-23(29)26-30/h1-6,11,16,19-20H,7-10,12-15,17-18H2. The molecule has 1 saturated heterocycles. The smallest absolute Gasteiger partial charge is 0.350 e. The van der Waals surface area contributed by atoms with Crippen molar-refractivity contribution in [1.29, 1.82) is 0 Å². The quantitative estimate of drug-likeness (QED) is 0.607. The highest BCUT2D eigenvalue weighted by Gasteiger charge is 2.26. The highest BCUT2D eigenvalue weighted by molar-refractivity contribution is 6.30. The van der Waals surface area contributed by atoms with E-state index >= 15 is 0 Å². The largest absolute Gasteiger partial charge is 0.369 e. The molecular weight excluding hydrogens is 410 g/mol. The highest BCUT2D eigenvalue weighted by atomic mass is 35.5. The number of anilines is 1. The van der Waals surface area contributed by atoms with E-state index in [1.165, 1.54) is 37.9 Å². The monoisotopic (exact) mass is 439 g/mol. The third kappa shape index (κ3) is 4.65. The van der Waals surface area contributed by atoms with Gasteiger partial charge in [0.15, 0.2) is 5.65 Å². The molecule has 2 fully saturated rings. The molecule has 0 radical (unpaired) electrons. The average molecular weight is 440 g/mol. The van der Waals surface area contributed by atoms with Gasteiger partial charge in [0, 0.05) is 56.2 Å². The number of rotatable bonds is 5. The molecule has 3 heterocycles. The van der Waals surface area contributed by atoms with Gasteiger partial charge in [0.25, 0.3) is 0 Å². The zero-order chi connectivity index (χ0) is 21.2. The molecule has 0 N–H and O–H groups in total. The molecule has 0 bridgehead atoms. The molecule has 0 unspecified atom stereocenters. The molecule has 1 aromatic carbocycles. The van der Waals surface area contributed by atoms with E-state index in [9.17, 15) is 4.79 Å². The van der Waals surface area contributed by atoms with Gasteiger partial charge in [-0.1, -0.05) is 23.7 Å². The summed E-state index contributed by atoms with van der Waals surface area (Å²) in [5.74, 6) is 1.32. The third-order valence-corrected chi connectivity index (χ3v) is 7.18. The zero-order valence-electron chi connectivity index (χ0n) is 17.9. The number of hydrogen-bond acceptors (Lipinski definition) is 4. The maximum Gasteiger partial charge on any atom is 0.350 e. The van der Waals surface area contributed by atoms with Crippen molar-refractivity contribution in [3.63, 3.8) is 0 Å². The molecule has 1 saturated carbocycles. The van der Waals surface area contributed by atoms with Crippen LogP contribution in [0.2, 0.25) is 5.02 Å². The van der Waals surface area contributed by atoms with Gasteiger partial charge in [0.1, 0.15) is 0 Å². The molecule has 1 aliphatic heterocycles. The van der Waals surface area contributed by atoms with Crippen LogP contribution in [0.1, 0.15) is 25.7 Å². The van der Waals surface area contributed by atoms with E-state index in [4.69, 9.17) is 11.6 Å². The van der Waals surface area contributed by atoms with Gasteiger partial charge in [-0.15, -0.1) is 5.10 Å². The summed E-state index contributed by atoms with van der Waals surface area (Å²) in [4.78, 5) is 17.6. The van der Waals surface area contributed by atoms with E-state index in [2.05, 4.69) is 27.0 Å². The van der Waals surface area contributed by atoms with Crippen molar-refractivity contribution >= 4 is 22.9 Å². The number of aromatic nitrogens is 3. The number of pyridine rings is 1. The van der Waals surface area contributed by atoms with Crippen LogP contribution in [0.4, 0.5) is 5.69 Å². The van der Waals surface area contributed by atoms with Gasteiger partial charge in [-0.05, 0) is 67.9 Å². The second-order valence-corrected chi connectivity index (χ2v) is 9.48. The summed E-state index contributed by atoms with van der Waals surface area (Å²) in [6.07, 6.45) is 6.67. The minimum absolute atomic E-state index is 0.0182. The van der Waals surface area contributed by atoms with Crippen molar-refractivity contribution in [1.82, 2.24) is 19.1 Å². The first-order valence-corrected chi connectivity index (χ1v) is 11.8. The lowest BCUT2D eigenvalue weighted by Crippen LogP contribution is -2.48. The molecule has 31 heavy (non-hydrogen) atoms. The van der Waals surface area contributed by atoms with Crippen LogP contribution in [0.25, 0.3) is 5.65 Å². The fourth-order valence-electron chi connectivity index (χ4n) is 5.15. The van der Waals surface area contributed by atoms with E-state index in [-0.39, 0.29) is 5.69 Å². The SMILES string of the molecule is O=c1n(CC2CCC(CN3CCN(c4cccc(Cl)c4)CC3)CC2)nc2ccccn12. The molecule has 2 aliphatic rings. The van der Waals surface area contributed by atoms with Crippen molar-refractivity contribution in [2.45, 2.75) is 32.2 Å². The first kappa shape index (κ1) is 20.6. The van der Waals surface area contributed by atoms with Crippen molar-refractivity contribution in [2.24, 2.45) is 11.8 Å². The molecule has 164 valence electrons. The molecule has 5 rings (SSSR count). The molecule has 2 aromatic heterocycles. The molecule has 3 aromatic rings. The fourth-order valence-corrected chi connectivity index (χ4v) is 5.34. The van der Waals surface area contributed by atoms with Gasteiger partial charge in [0.2, 0.25) is 0 Å². The Morgan fingerprint density at radius 1 is 0.903 bits per heavy atom.